The van der Waals surface area contributed by atoms with Gasteiger partial charge in [0.05, 0.1) is 0 Å². The summed E-state index contributed by atoms with van der Waals surface area (Å²) in [6, 6.07) is 4.69. The van der Waals surface area contributed by atoms with E-state index in [2.05, 4.69) is 0 Å². The molecule has 0 aliphatic carbocycles. The van der Waals surface area contributed by atoms with Crippen molar-refractivity contribution in [1.82, 2.24) is 3.56 Å². The van der Waals surface area contributed by atoms with Crippen LogP contribution in [0.2, 0.25) is 0 Å². The van der Waals surface area contributed by atoms with Crippen LogP contribution in [0, 0.1) is 10.1 Å². The number of hydrogen-bond acceptors (Lipinski definition) is 3. The molecule has 0 bridgehead atoms. The van der Waals surface area contributed by atoms with Crippen LogP contribution in [0.15, 0.2) is 23.0 Å². The third-order valence-corrected chi connectivity index (χ3v) is 5.56. The zero-order valence-electron chi connectivity index (χ0n) is 9.76. The second-order valence-electron chi connectivity index (χ2n) is 4.77. The number of nitrogens with zero attached hydrogens (tertiary/aromatic N) is 2. The van der Waals surface area contributed by atoms with Crippen molar-refractivity contribution in [2.45, 2.75) is 26.3 Å². The van der Waals surface area contributed by atoms with Crippen LogP contribution in [-0.4, -0.2) is 23.2 Å². The van der Waals surface area contributed by atoms with E-state index in [1.165, 1.54) is 6.07 Å². The van der Waals surface area contributed by atoms with E-state index in [9.17, 15) is 14.9 Å². The van der Waals surface area contributed by atoms with Crippen molar-refractivity contribution in [2.75, 3.05) is 0 Å². The SMILES string of the molecule is CC(C)(C)n1[se]c2c([N+](=O)[O-])cccc2c1=O. The van der Waals surface area contributed by atoms with E-state index in [-0.39, 0.29) is 31.5 Å². The van der Waals surface area contributed by atoms with Gasteiger partial charge in [-0.25, -0.2) is 0 Å². The number of non-ortho nitro benzene ring substituents is 1. The van der Waals surface area contributed by atoms with Crippen molar-refractivity contribution in [1.29, 1.82) is 0 Å². The summed E-state index contributed by atoms with van der Waals surface area (Å²) < 4.78 is 2.31. The monoisotopic (exact) mass is 300 g/mol. The van der Waals surface area contributed by atoms with Crippen molar-refractivity contribution in [3.63, 3.8) is 0 Å². The van der Waals surface area contributed by atoms with Gasteiger partial charge in [-0.2, -0.15) is 0 Å². The summed E-state index contributed by atoms with van der Waals surface area (Å²) in [5.41, 5.74) is -0.344. The van der Waals surface area contributed by atoms with Crippen LogP contribution < -0.4 is 5.56 Å². The van der Waals surface area contributed by atoms with Crippen LogP contribution in [0.3, 0.4) is 0 Å². The number of nitro groups is 1. The Morgan fingerprint density at radius 2 is 2.00 bits per heavy atom. The number of fused-ring (bicyclic) bond motifs is 1. The van der Waals surface area contributed by atoms with Gasteiger partial charge in [-0.05, 0) is 0 Å². The summed E-state index contributed by atoms with van der Waals surface area (Å²) in [4.78, 5) is 22.6. The summed E-state index contributed by atoms with van der Waals surface area (Å²) in [6.07, 6.45) is 0. The number of nitro benzene ring substituents is 1. The summed E-state index contributed by atoms with van der Waals surface area (Å²) in [5, 5.41) is 11.4. The molecule has 0 aliphatic rings. The Bertz CT molecular complexity index is 649. The van der Waals surface area contributed by atoms with Crippen molar-refractivity contribution in [3.05, 3.63) is 38.7 Å². The standard InChI is InChI=1S/C11H12N2O3Se/c1-11(2,3)12-10(14)7-5-4-6-8(13(15)16)9(7)17-12/h4-6H,1-3H3. The molecule has 0 saturated carbocycles. The molecule has 0 amide bonds. The molecule has 2 rings (SSSR count). The van der Waals surface area contributed by atoms with Crippen molar-refractivity contribution >= 4 is 30.1 Å². The molecule has 0 radical (unpaired) electrons. The first-order valence-electron chi connectivity index (χ1n) is 5.12. The molecular formula is C11H12N2O3Se. The van der Waals surface area contributed by atoms with Gasteiger partial charge in [-0.15, -0.1) is 0 Å². The molecule has 90 valence electrons. The van der Waals surface area contributed by atoms with Gasteiger partial charge in [-0.1, -0.05) is 0 Å². The van der Waals surface area contributed by atoms with E-state index in [4.69, 9.17) is 0 Å². The zero-order valence-corrected chi connectivity index (χ0v) is 11.5. The predicted octanol–water partition coefficient (Wildman–Crippen LogP) is 1.72. The summed E-state index contributed by atoms with van der Waals surface area (Å²) in [6.45, 7) is 5.80. The van der Waals surface area contributed by atoms with E-state index >= 15 is 0 Å². The molecule has 0 saturated heterocycles. The molecule has 1 heterocycles. The Labute approximate surface area is 104 Å². The number of rotatable bonds is 1. The number of hydrogen-bond donors (Lipinski definition) is 0. The second kappa shape index (κ2) is 3.82. The van der Waals surface area contributed by atoms with E-state index in [0.717, 1.165) is 0 Å². The minimum absolute atomic E-state index is 0.0580. The molecule has 0 fully saturated rings. The van der Waals surface area contributed by atoms with Gasteiger partial charge in [-0.3, -0.25) is 0 Å². The quantitative estimate of drug-likeness (QED) is 0.457. The Morgan fingerprint density at radius 3 is 2.53 bits per heavy atom. The van der Waals surface area contributed by atoms with Gasteiger partial charge in [0.25, 0.3) is 0 Å². The summed E-state index contributed by atoms with van der Waals surface area (Å²) in [5.74, 6) is 0. The third kappa shape index (κ3) is 1.94. The first-order chi connectivity index (χ1) is 7.82. The van der Waals surface area contributed by atoms with E-state index in [1.807, 2.05) is 20.8 Å². The van der Waals surface area contributed by atoms with Crippen molar-refractivity contribution in [2.24, 2.45) is 0 Å². The molecule has 6 heteroatoms. The average molecular weight is 299 g/mol. The third-order valence-electron chi connectivity index (χ3n) is 2.40. The molecule has 2 aromatic rings. The topological polar surface area (TPSA) is 65.1 Å². The summed E-state index contributed by atoms with van der Waals surface area (Å²) in [7, 11) is 0. The van der Waals surface area contributed by atoms with Crippen LogP contribution in [-0.2, 0) is 5.54 Å². The second-order valence-corrected chi connectivity index (χ2v) is 6.78. The normalized spacial score (nSPS) is 11.9. The first kappa shape index (κ1) is 12.1. The fourth-order valence-electron chi connectivity index (χ4n) is 1.62. The van der Waals surface area contributed by atoms with Gasteiger partial charge >= 0.3 is 104 Å². The van der Waals surface area contributed by atoms with Gasteiger partial charge in [0.2, 0.25) is 0 Å². The van der Waals surface area contributed by atoms with Gasteiger partial charge in [0.15, 0.2) is 0 Å². The molecular weight excluding hydrogens is 287 g/mol. The number of aromatic nitrogens is 1. The van der Waals surface area contributed by atoms with Crippen molar-refractivity contribution < 1.29 is 4.92 Å². The molecule has 0 spiro atoms. The molecule has 0 atom stereocenters. The molecule has 5 nitrogen and oxygen atoms in total. The zero-order chi connectivity index (χ0) is 12.8. The maximum absolute atomic E-state index is 12.1. The van der Waals surface area contributed by atoms with E-state index < -0.39 is 4.92 Å². The molecule has 1 aromatic carbocycles. The Hall–Kier alpha value is -1.39. The molecule has 0 N–H and O–H groups in total. The predicted molar refractivity (Wildman–Crippen MR) is 66.8 cm³/mol. The molecule has 0 aliphatic heterocycles. The van der Waals surface area contributed by atoms with E-state index in [1.54, 1.807) is 15.7 Å². The molecule has 1 aromatic heterocycles. The Morgan fingerprint density at radius 1 is 1.35 bits per heavy atom. The van der Waals surface area contributed by atoms with Gasteiger partial charge in [0.1, 0.15) is 0 Å². The van der Waals surface area contributed by atoms with Crippen molar-refractivity contribution in [3.8, 4) is 0 Å². The van der Waals surface area contributed by atoms with Gasteiger partial charge < -0.3 is 0 Å². The summed E-state index contributed by atoms with van der Waals surface area (Å²) >= 11 is -0.311. The minimum atomic E-state index is -0.417. The van der Waals surface area contributed by atoms with Crippen LogP contribution in [0.5, 0.6) is 0 Å². The molecule has 0 unspecified atom stereocenters. The van der Waals surface area contributed by atoms with Crippen LogP contribution in [0.1, 0.15) is 20.8 Å². The van der Waals surface area contributed by atoms with Crippen LogP contribution >= 0.6 is 0 Å². The van der Waals surface area contributed by atoms with Crippen LogP contribution in [0.4, 0.5) is 5.69 Å². The van der Waals surface area contributed by atoms with E-state index in [0.29, 0.717) is 9.65 Å². The van der Waals surface area contributed by atoms with Crippen LogP contribution in [0.25, 0.3) is 9.65 Å². The maximum atomic E-state index is 12.1. The average Bonchev–Trinajstić information content (AvgIpc) is 2.55. The Kier molecular flexibility index (Phi) is 2.71. The fourth-order valence-corrected chi connectivity index (χ4v) is 3.98. The Balaban J connectivity index is 2.87. The number of benzene rings is 1. The molecule has 17 heavy (non-hydrogen) atoms. The van der Waals surface area contributed by atoms with Gasteiger partial charge in [0, 0.05) is 0 Å². The fraction of sp³-hybridized carbons (Fsp3) is 0.364. The first-order valence-corrected chi connectivity index (χ1v) is 6.74.